The Hall–Kier alpha value is -3.16. The molecule has 0 radical (unpaired) electrons. The molecular formula is C21H21F3N4O3. The monoisotopic (exact) mass is 434 g/mol. The molecule has 1 N–H and O–H groups in total. The van der Waals surface area contributed by atoms with Gasteiger partial charge in [0.25, 0.3) is 5.56 Å². The number of halogens is 3. The van der Waals surface area contributed by atoms with E-state index in [2.05, 4.69) is 9.89 Å². The molecule has 0 saturated carbocycles. The summed E-state index contributed by atoms with van der Waals surface area (Å²) in [4.78, 5) is 18.8. The van der Waals surface area contributed by atoms with Crippen LogP contribution in [0.4, 0.5) is 18.9 Å². The molecule has 10 heteroatoms. The van der Waals surface area contributed by atoms with Gasteiger partial charge in [0.1, 0.15) is 11.6 Å². The van der Waals surface area contributed by atoms with Gasteiger partial charge in [0.05, 0.1) is 30.0 Å². The summed E-state index contributed by atoms with van der Waals surface area (Å²) >= 11 is 0. The number of aromatic nitrogens is 1. The molecule has 1 aromatic carbocycles. The van der Waals surface area contributed by atoms with Crippen LogP contribution in [0.2, 0.25) is 0 Å². The second-order valence-corrected chi connectivity index (χ2v) is 7.07. The summed E-state index contributed by atoms with van der Waals surface area (Å²) < 4.78 is 45.1. The molecule has 0 unspecified atom stereocenters. The van der Waals surface area contributed by atoms with Gasteiger partial charge in [-0.3, -0.25) is 19.3 Å². The number of rotatable bonds is 5. The molecule has 0 aliphatic carbocycles. The van der Waals surface area contributed by atoms with Crippen LogP contribution < -0.4 is 5.56 Å². The molecule has 0 atom stereocenters. The van der Waals surface area contributed by atoms with Crippen molar-refractivity contribution in [1.82, 2.24) is 9.47 Å². The quantitative estimate of drug-likeness (QED) is 0.731. The normalized spacial score (nSPS) is 15.3. The fourth-order valence-corrected chi connectivity index (χ4v) is 3.30. The Kier molecular flexibility index (Phi) is 6.77. The Morgan fingerprint density at radius 1 is 1.29 bits per heavy atom. The lowest BCUT2D eigenvalue weighted by Gasteiger charge is -2.27. The minimum absolute atomic E-state index is 0.0261. The van der Waals surface area contributed by atoms with E-state index in [1.807, 2.05) is 6.07 Å². The van der Waals surface area contributed by atoms with Gasteiger partial charge in [-0.1, -0.05) is 6.07 Å². The lowest BCUT2D eigenvalue weighted by molar-refractivity contribution is -0.137. The summed E-state index contributed by atoms with van der Waals surface area (Å²) in [6.07, 6.45) is -3.34. The maximum Gasteiger partial charge on any atom is 0.416 e. The average molecular weight is 434 g/mol. The van der Waals surface area contributed by atoms with Gasteiger partial charge in [-0.25, -0.2) is 0 Å². The van der Waals surface area contributed by atoms with Crippen molar-refractivity contribution in [2.75, 3.05) is 32.8 Å². The highest BCUT2D eigenvalue weighted by molar-refractivity contribution is 5.87. The van der Waals surface area contributed by atoms with Gasteiger partial charge in [-0.15, -0.1) is 0 Å². The van der Waals surface area contributed by atoms with Crippen LogP contribution in [-0.2, 0) is 17.5 Å². The van der Waals surface area contributed by atoms with E-state index in [9.17, 15) is 28.3 Å². The molecule has 0 amide bonds. The molecule has 31 heavy (non-hydrogen) atoms. The number of alkyl halides is 3. The minimum Gasteiger partial charge on any atom is -0.494 e. The lowest BCUT2D eigenvalue weighted by Crippen LogP contribution is -2.39. The Morgan fingerprint density at radius 2 is 2.00 bits per heavy atom. The second kappa shape index (κ2) is 9.32. The van der Waals surface area contributed by atoms with Crippen LogP contribution in [0.3, 0.4) is 0 Å². The molecule has 1 aliphatic heterocycles. The Morgan fingerprint density at radius 3 is 2.65 bits per heavy atom. The van der Waals surface area contributed by atoms with Gasteiger partial charge in [-0.05, 0) is 30.7 Å². The highest BCUT2D eigenvalue weighted by atomic mass is 19.4. The predicted molar refractivity (Wildman–Crippen MR) is 108 cm³/mol. The molecule has 3 rings (SSSR count). The first kappa shape index (κ1) is 22.5. The minimum atomic E-state index is -4.51. The van der Waals surface area contributed by atoms with Crippen molar-refractivity contribution in [3.8, 4) is 11.9 Å². The fraction of sp³-hybridized carbons (Fsp3) is 0.381. The van der Waals surface area contributed by atoms with E-state index < -0.39 is 17.3 Å². The molecule has 2 heterocycles. The highest BCUT2D eigenvalue weighted by Gasteiger charge is 2.30. The summed E-state index contributed by atoms with van der Waals surface area (Å²) in [6, 6.07) is 6.27. The third-order valence-corrected chi connectivity index (χ3v) is 5.11. The number of hydrogen-bond acceptors (Lipinski definition) is 6. The first-order valence-corrected chi connectivity index (χ1v) is 9.60. The van der Waals surface area contributed by atoms with E-state index >= 15 is 0 Å². The number of ether oxygens (including phenoxy) is 1. The molecule has 1 aliphatic rings. The largest absolute Gasteiger partial charge is 0.494 e. The third kappa shape index (κ3) is 5.13. The third-order valence-electron chi connectivity index (χ3n) is 5.11. The number of hydrogen-bond donors (Lipinski definition) is 1. The lowest BCUT2D eigenvalue weighted by atomic mass is 10.1. The van der Waals surface area contributed by atoms with Crippen LogP contribution >= 0.6 is 0 Å². The van der Waals surface area contributed by atoms with Crippen LogP contribution in [0, 0.1) is 18.3 Å². The smallest absolute Gasteiger partial charge is 0.416 e. The molecule has 7 nitrogen and oxygen atoms in total. The first-order valence-electron chi connectivity index (χ1n) is 9.60. The average Bonchev–Trinajstić information content (AvgIpc) is 2.74. The van der Waals surface area contributed by atoms with Crippen LogP contribution in [-0.4, -0.2) is 53.6 Å². The van der Waals surface area contributed by atoms with Crippen LogP contribution in [0.15, 0.2) is 34.1 Å². The molecule has 164 valence electrons. The maximum absolute atomic E-state index is 12.9. The van der Waals surface area contributed by atoms with Crippen LogP contribution in [0.1, 0.15) is 22.3 Å². The highest BCUT2D eigenvalue weighted by Crippen LogP contribution is 2.31. The number of benzene rings is 1. The summed E-state index contributed by atoms with van der Waals surface area (Å²) in [5.74, 6) is -0.384. The van der Waals surface area contributed by atoms with Gasteiger partial charge in [0.15, 0.2) is 0 Å². The maximum atomic E-state index is 12.9. The van der Waals surface area contributed by atoms with E-state index in [0.717, 1.165) is 16.7 Å². The Labute approximate surface area is 176 Å². The van der Waals surface area contributed by atoms with Gasteiger partial charge in [-0.2, -0.15) is 18.4 Å². The zero-order chi connectivity index (χ0) is 22.6. The fourth-order valence-electron chi connectivity index (χ4n) is 3.30. The molecule has 1 aromatic heterocycles. The first-order chi connectivity index (χ1) is 14.7. The van der Waals surface area contributed by atoms with Gasteiger partial charge < -0.3 is 9.84 Å². The summed E-state index contributed by atoms with van der Waals surface area (Å²) in [6.45, 7) is 4.63. The Bertz CT molecular complexity index is 1080. The van der Waals surface area contributed by atoms with E-state index in [1.165, 1.54) is 25.3 Å². The molecule has 1 fully saturated rings. The zero-order valence-corrected chi connectivity index (χ0v) is 16.8. The van der Waals surface area contributed by atoms with Crippen molar-refractivity contribution in [2.45, 2.75) is 19.6 Å². The van der Waals surface area contributed by atoms with E-state index in [4.69, 9.17) is 4.74 Å². The van der Waals surface area contributed by atoms with Gasteiger partial charge in [0, 0.05) is 32.4 Å². The number of aliphatic imine (C=N–C) groups is 1. The van der Waals surface area contributed by atoms with E-state index in [0.29, 0.717) is 32.8 Å². The van der Waals surface area contributed by atoms with Gasteiger partial charge in [0.2, 0.25) is 5.88 Å². The second-order valence-electron chi connectivity index (χ2n) is 7.07. The number of pyridine rings is 1. The molecular weight excluding hydrogens is 413 g/mol. The topological polar surface area (TPSA) is 90.8 Å². The van der Waals surface area contributed by atoms with Crippen LogP contribution in [0.5, 0.6) is 5.88 Å². The molecule has 1 saturated heterocycles. The standard InChI is InChI=1S/C21H21F3N4O3/c1-14-17(12-25)19(29)28(6-5-27-7-9-31-10-8-27)20(30)18(14)13-26-16-4-2-3-15(11-16)21(22,23)24/h2-4,11,13,30H,5-10H2,1H3. The molecule has 0 bridgehead atoms. The van der Waals surface area contributed by atoms with Gasteiger partial charge >= 0.3 is 6.18 Å². The van der Waals surface area contributed by atoms with Crippen molar-refractivity contribution in [1.29, 1.82) is 5.26 Å². The number of nitriles is 1. The van der Waals surface area contributed by atoms with Crippen molar-refractivity contribution in [2.24, 2.45) is 4.99 Å². The molecule has 0 spiro atoms. The zero-order valence-electron chi connectivity index (χ0n) is 16.8. The number of aromatic hydroxyl groups is 1. The summed E-state index contributed by atoms with van der Waals surface area (Å²) in [5, 5.41) is 20.1. The van der Waals surface area contributed by atoms with E-state index in [-0.39, 0.29) is 34.8 Å². The van der Waals surface area contributed by atoms with Crippen LogP contribution in [0.25, 0.3) is 0 Å². The van der Waals surface area contributed by atoms with E-state index in [1.54, 1.807) is 0 Å². The number of morpholine rings is 1. The van der Waals surface area contributed by atoms with Crippen molar-refractivity contribution >= 4 is 11.9 Å². The van der Waals surface area contributed by atoms with Crippen molar-refractivity contribution < 1.29 is 23.0 Å². The SMILES string of the molecule is Cc1c(C=Nc2cccc(C(F)(F)F)c2)c(O)n(CCN2CCOCC2)c(=O)c1C#N. The predicted octanol–water partition coefficient (Wildman–Crippen LogP) is 2.84. The van der Waals surface area contributed by atoms with Crippen molar-refractivity contribution in [3.05, 3.63) is 56.9 Å². The molecule has 2 aromatic rings. The summed E-state index contributed by atoms with van der Waals surface area (Å²) in [5.41, 5.74) is -1.28. The Balaban J connectivity index is 1.95. The van der Waals surface area contributed by atoms with Crippen molar-refractivity contribution in [3.63, 3.8) is 0 Å². The number of nitrogens with zero attached hydrogens (tertiary/aromatic N) is 4. The summed E-state index contributed by atoms with van der Waals surface area (Å²) in [7, 11) is 0.